The summed E-state index contributed by atoms with van der Waals surface area (Å²) in [6, 6.07) is 14.1. The predicted octanol–water partition coefficient (Wildman–Crippen LogP) is 3.14. The van der Waals surface area contributed by atoms with Crippen molar-refractivity contribution in [2.75, 3.05) is 0 Å². The molecular weight excluding hydrogens is 274 g/mol. The van der Waals surface area contributed by atoms with Crippen LogP contribution >= 0.6 is 23.6 Å². The topological polar surface area (TPSA) is 36.4 Å². The van der Waals surface area contributed by atoms with E-state index in [-0.39, 0.29) is 0 Å². The Labute approximate surface area is 122 Å². The summed E-state index contributed by atoms with van der Waals surface area (Å²) in [5.41, 5.74) is 4.97. The van der Waals surface area contributed by atoms with Gasteiger partial charge in [0.25, 0.3) is 0 Å². The van der Waals surface area contributed by atoms with Crippen LogP contribution in [-0.4, -0.2) is 10.8 Å². The van der Waals surface area contributed by atoms with Crippen LogP contribution < -0.4 is 10.7 Å². The summed E-state index contributed by atoms with van der Waals surface area (Å²) in [7, 11) is 0. The lowest BCUT2D eigenvalue weighted by Gasteiger charge is -2.07. The molecule has 0 atom stereocenters. The van der Waals surface area contributed by atoms with E-state index in [1.54, 1.807) is 11.3 Å². The van der Waals surface area contributed by atoms with E-state index in [0.717, 1.165) is 10.6 Å². The first kappa shape index (κ1) is 13.7. The molecule has 2 rings (SSSR count). The van der Waals surface area contributed by atoms with Gasteiger partial charge >= 0.3 is 0 Å². The van der Waals surface area contributed by atoms with Gasteiger partial charge in [0.1, 0.15) is 0 Å². The van der Waals surface area contributed by atoms with E-state index in [0.29, 0.717) is 11.7 Å². The van der Waals surface area contributed by atoms with Crippen molar-refractivity contribution in [1.29, 1.82) is 0 Å². The molecule has 2 aromatic rings. The highest BCUT2D eigenvalue weighted by molar-refractivity contribution is 7.80. The Bertz CT molecular complexity index is 547. The molecule has 3 nitrogen and oxygen atoms in total. The molecule has 98 valence electrons. The number of rotatable bonds is 4. The molecule has 0 saturated heterocycles. The molecule has 0 saturated carbocycles. The van der Waals surface area contributed by atoms with Gasteiger partial charge in [-0.25, -0.2) is 0 Å². The predicted molar refractivity (Wildman–Crippen MR) is 85.5 cm³/mol. The van der Waals surface area contributed by atoms with E-state index in [1.165, 1.54) is 5.56 Å². The number of thiocarbonyl (C=S) groups is 1. The molecule has 1 aromatic heterocycles. The maximum Gasteiger partial charge on any atom is 0.187 e. The van der Waals surface area contributed by atoms with Crippen LogP contribution in [0.1, 0.15) is 17.4 Å². The van der Waals surface area contributed by atoms with Gasteiger partial charge in [-0.15, -0.1) is 11.3 Å². The van der Waals surface area contributed by atoms with E-state index in [9.17, 15) is 0 Å². The average Bonchev–Trinajstić information content (AvgIpc) is 2.98. The van der Waals surface area contributed by atoms with Gasteiger partial charge in [0.15, 0.2) is 5.11 Å². The van der Waals surface area contributed by atoms with Gasteiger partial charge in [0, 0.05) is 11.4 Å². The molecule has 1 heterocycles. The molecule has 1 aromatic carbocycles. The molecule has 0 bridgehead atoms. The number of nitrogens with one attached hydrogen (secondary N) is 2. The lowest BCUT2D eigenvalue weighted by atomic mass is 10.2. The van der Waals surface area contributed by atoms with Gasteiger partial charge in [-0.1, -0.05) is 36.4 Å². The standard InChI is InChI=1S/C14H15N3S2/c1-11(13-8-5-9-19-13)16-17-14(18)15-10-12-6-3-2-4-7-12/h2-9H,10H2,1H3,(H2,15,17,18)/b16-11-. The summed E-state index contributed by atoms with van der Waals surface area (Å²) < 4.78 is 0. The van der Waals surface area contributed by atoms with Crippen LogP contribution in [0.3, 0.4) is 0 Å². The molecule has 5 heteroatoms. The molecule has 0 amide bonds. The number of nitrogens with zero attached hydrogens (tertiary/aromatic N) is 1. The molecule has 0 fully saturated rings. The second-order valence-corrected chi connectivity index (χ2v) is 5.31. The van der Waals surface area contributed by atoms with Gasteiger partial charge in [0.05, 0.1) is 5.71 Å². The van der Waals surface area contributed by atoms with Gasteiger partial charge < -0.3 is 5.32 Å². The maximum atomic E-state index is 5.18. The first-order valence-electron chi connectivity index (χ1n) is 5.91. The SMILES string of the molecule is C/C(=N/NC(=S)NCc1ccccc1)c1cccs1. The lowest BCUT2D eigenvalue weighted by molar-refractivity contribution is 0.867. The van der Waals surface area contributed by atoms with Crippen molar-refractivity contribution < 1.29 is 0 Å². The maximum absolute atomic E-state index is 5.18. The minimum atomic E-state index is 0.528. The van der Waals surface area contributed by atoms with Gasteiger partial charge in [0.2, 0.25) is 0 Å². The van der Waals surface area contributed by atoms with Crippen LogP contribution in [-0.2, 0) is 6.54 Å². The van der Waals surface area contributed by atoms with Crippen LogP contribution in [0.15, 0.2) is 52.9 Å². The first-order valence-corrected chi connectivity index (χ1v) is 7.20. The summed E-state index contributed by atoms with van der Waals surface area (Å²) in [6.45, 7) is 2.65. The van der Waals surface area contributed by atoms with Crippen LogP contribution in [0.2, 0.25) is 0 Å². The van der Waals surface area contributed by atoms with Gasteiger partial charge in [-0.05, 0) is 36.2 Å². The third kappa shape index (κ3) is 4.46. The van der Waals surface area contributed by atoms with E-state index < -0.39 is 0 Å². The molecule has 0 aliphatic carbocycles. The van der Waals surface area contributed by atoms with Crippen molar-refractivity contribution in [2.24, 2.45) is 5.10 Å². The zero-order valence-electron chi connectivity index (χ0n) is 10.6. The first-order chi connectivity index (χ1) is 9.25. The van der Waals surface area contributed by atoms with Crippen molar-refractivity contribution in [3.05, 3.63) is 58.3 Å². The Morgan fingerprint density at radius 3 is 2.68 bits per heavy atom. The number of benzene rings is 1. The second-order valence-electron chi connectivity index (χ2n) is 3.95. The van der Waals surface area contributed by atoms with Crippen molar-refractivity contribution in [2.45, 2.75) is 13.5 Å². The molecule has 19 heavy (non-hydrogen) atoms. The third-order valence-electron chi connectivity index (χ3n) is 2.50. The summed E-state index contributed by atoms with van der Waals surface area (Å²) >= 11 is 6.83. The molecule has 0 aliphatic heterocycles. The minimum Gasteiger partial charge on any atom is -0.357 e. The quantitative estimate of drug-likeness (QED) is 0.516. The monoisotopic (exact) mass is 289 g/mol. The zero-order valence-corrected chi connectivity index (χ0v) is 12.2. The number of hydrogen-bond acceptors (Lipinski definition) is 3. The Hall–Kier alpha value is -1.72. The Balaban J connectivity index is 1.80. The fourth-order valence-corrected chi connectivity index (χ4v) is 2.29. The summed E-state index contributed by atoms with van der Waals surface area (Å²) in [4.78, 5) is 1.14. The molecular formula is C14H15N3S2. The van der Waals surface area contributed by atoms with Crippen molar-refractivity contribution in [1.82, 2.24) is 10.7 Å². The normalized spacial score (nSPS) is 11.1. The number of hydrazone groups is 1. The summed E-state index contributed by atoms with van der Waals surface area (Å²) in [5, 5.41) is 9.92. The van der Waals surface area contributed by atoms with Crippen LogP contribution in [0.25, 0.3) is 0 Å². The van der Waals surface area contributed by atoms with Crippen LogP contribution in [0, 0.1) is 0 Å². The van der Waals surface area contributed by atoms with E-state index in [1.807, 2.05) is 42.6 Å². The number of hydrogen-bond donors (Lipinski definition) is 2. The largest absolute Gasteiger partial charge is 0.357 e. The Morgan fingerprint density at radius 1 is 1.21 bits per heavy atom. The van der Waals surface area contributed by atoms with Gasteiger partial charge in [-0.2, -0.15) is 5.10 Å². The third-order valence-corrected chi connectivity index (χ3v) is 3.71. The Kier molecular flexibility index (Phi) is 5.06. The Morgan fingerprint density at radius 2 is 2.00 bits per heavy atom. The fraction of sp³-hybridized carbons (Fsp3) is 0.143. The van der Waals surface area contributed by atoms with Crippen molar-refractivity contribution in [3.8, 4) is 0 Å². The fourth-order valence-electron chi connectivity index (χ4n) is 1.49. The minimum absolute atomic E-state index is 0.528. The highest BCUT2D eigenvalue weighted by atomic mass is 32.1. The number of thiophene rings is 1. The second kappa shape index (κ2) is 7.01. The lowest BCUT2D eigenvalue weighted by Crippen LogP contribution is -2.32. The van der Waals surface area contributed by atoms with Gasteiger partial charge in [-0.3, -0.25) is 5.43 Å². The van der Waals surface area contributed by atoms with Crippen LogP contribution in [0.5, 0.6) is 0 Å². The summed E-state index contributed by atoms with van der Waals surface area (Å²) in [5.74, 6) is 0. The molecule has 0 radical (unpaired) electrons. The van der Waals surface area contributed by atoms with Crippen LogP contribution in [0.4, 0.5) is 0 Å². The highest BCUT2D eigenvalue weighted by Gasteiger charge is 1.99. The van der Waals surface area contributed by atoms with E-state index >= 15 is 0 Å². The zero-order chi connectivity index (χ0) is 13.5. The molecule has 2 N–H and O–H groups in total. The highest BCUT2D eigenvalue weighted by Crippen LogP contribution is 2.09. The molecule has 0 aliphatic rings. The smallest absolute Gasteiger partial charge is 0.187 e. The van der Waals surface area contributed by atoms with E-state index in [4.69, 9.17) is 12.2 Å². The van der Waals surface area contributed by atoms with Crippen molar-refractivity contribution >= 4 is 34.4 Å². The molecule has 0 spiro atoms. The average molecular weight is 289 g/mol. The summed E-state index contributed by atoms with van der Waals surface area (Å²) in [6.07, 6.45) is 0. The van der Waals surface area contributed by atoms with E-state index in [2.05, 4.69) is 28.0 Å². The molecule has 0 unspecified atom stereocenters. The van der Waals surface area contributed by atoms with Crippen molar-refractivity contribution in [3.63, 3.8) is 0 Å².